The van der Waals surface area contributed by atoms with Crippen LogP contribution >= 0.6 is 12.4 Å². The van der Waals surface area contributed by atoms with Crippen molar-refractivity contribution in [1.82, 2.24) is 10.6 Å². The molecule has 22 heavy (non-hydrogen) atoms. The van der Waals surface area contributed by atoms with E-state index in [0.717, 1.165) is 19.4 Å². The number of Topliss-reactive ketones (excluding diaryl/α,β-unsaturated/α-hetero) is 1. The van der Waals surface area contributed by atoms with Gasteiger partial charge >= 0.3 is 0 Å². The van der Waals surface area contributed by atoms with Gasteiger partial charge in [0.1, 0.15) is 5.75 Å². The van der Waals surface area contributed by atoms with Gasteiger partial charge in [-0.05, 0) is 45.4 Å². The Labute approximate surface area is 137 Å². The first-order valence-electron chi connectivity index (χ1n) is 7.35. The van der Waals surface area contributed by atoms with Crippen LogP contribution in [0.25, 0.3) is 0 Å². The van der Waals surface area contributed by atoms with Crippen molar-refractivity contribution in [3.05, 3.63) is 29.8 Å². The third-order valence-corrected chi connectivity index (χ3v) is 3.61. The second-order valence-electron chi connectivity index (χ2n) is 5.38. The summed E-state index contributed by atoms with van der Waals surface area (Å²) in [6.45, 7) is 4.85. The fourth-order valence-electron chi connectivity index (χ4n) is 2.34. The molecule has 1 aliphatic heterocycles. The van der Waals surface area contributed by atoms with Crippen molar-refractivity contribution in [2.24, 2.45) is 0 Å². The lowest BCUT2D eigenvalue weighted by Gasteiger charge is -2.17. The first-order chi connectivity index (χ1) is 10.1. The number of hydrogen-bond donors (Lipinski definition) is 2. The second kappa shape index (κ2) is 8.76. The van der Waals surface area contributed by atoms with Gasteiger partial charge < -0.3 is 15.4 Å². The first kappa shape index (κ1) is 18.5. The van der Waals surface area contributed by atoms with Crippen LogP contribution in [0.4, 0.5) is 0 Å². The lowest BCUT2D eigenvalue weighted by molar-refractivity contribution is -0.127. The highest BCUT2D eigenvalue weighted by molar-refractivity contribution is 5.94. The van der Waals surface area contributed by atoms with Gasteiger partial charge in [0.05, 0.1) is 0 Å². The van der Waals surface area contributed by atoms with Gasteiger partial charge in [0, 0.05) is 18.2 Å². The van der Waals surface area contributed by atoms with Crippen LogP contribution in [0.15, 0.2) is 24.3 Å². The number of amides is 1. The quantitative estimate of drug-likeness (QED) is 0.784. The van der Waals surface area contributed by atoms with E-state index in [4.69, 9.17) is 4.74 Å². The van der Waals surface area contributed by atoms with Gasteiger partial charge in [-0.15, -0.1) is 12.4 Å². The molecule has 0 radical (unpaired) electrons. The zero-order chi connectivity index (χ0) is 15.2. The molecule has 1 aromatic carbocycles. The fraction of sp³-hybridized carbons (Fsp3) is 0.500. The van der Waals surface area contributed by atoms with Gasteiger partial charge in [-0.3, -0.25) is 9.59 Å². The molecular weight excluding hydrogens is 304 g/mol. The molecule has 1 fully saturated rings. The highest BCUT2D eigenvalue weighted by atomic mass is 35.5. The van der Waals surface area contributed by atoms with E-state index in [0.29, 0.717) is 23.9 Å². The van der Waals surface area contributed by atoms with E-state index in [9.17, 15) is 9.59 Å². The van der Waals surface area contributed by atoms with E-state index < -0.39 is 6.10 Å². The van der Waals surface area contributed by atoms with Crippen LogP contribution < -0.4 is 15.4 Å². The zero-order valence-electron chi connectivity index (χ0n) is 12.9. The highest BCUT2D eigenvalue weighted by Gasteiger charge is 2.18. The molecule has 2 atom stereocenters. The molecule has 1 heterocycles. The molecule has 1 saturated heterocycles. The topological polar surface area (TPSA) is 67.4 Å². The van der Waals surface area contributed by atoms with E-state index in [-0.39, 0.29) is 24.1 Å². The van der Waals surface area contributed by atoms with Gasteiger partial charge in [0.25, 0.3) is 5.91 Å². The minimum atomic E-state index is -0.589. The zero-order valence-corrected chi connectivity index (χ0v) is 13.7. The summed E-state index contributed by atoms with van der Waals surface area (Å²) in [5.41, 5.74) is 0.579. The molecule has 0 saturated carbocycles. The molecule has 0 aromatic heterocycles. The Morgan fingerprint density at radius 1 is 1.45 bits per heavy atom. The normalized spacial score (nSPS) is 18.2. The standard InChI is InChI=1S/C16H22N2O3.ClH/c1-11(19)13-5-3-7-15(9-13)21-12(2)16(20)18-10-14-6-4-8-17-14;/h3,5,7,9,12,14,17H,4,6,8,10H2,1-2H3,(H,18,20);1H. The molecular formula is C16H23ClN2O3. The van der Waals surface area contributed by atoms with Crippen molar-refractivity contribution in [3.63, 3.8) is 0 Å². The van der Waals surface area contributed by atoms with E-state index in [1.54, 1.807) is 31.2 Å². The highest BCUT2D eigenvalue weighted by Crippen LogP contribution is 2.15. The molecule has 2 rings (SSSR count). The van der Waals surface area contributed by atoms with E-state index in [2.05, 4.69) is 10.6 Å². The van der Waals surface area contributed by atoms with Gasteiger partial charge in [-0.1, -0.05) is 12.1 Å². The molecule has 1 amide bonds. The van der Waals surface area contributed by atoms with Crippen LogP contribution in [0.2, 0.25) is 0 Å². The molecule has 2 N–H and O–H groups in total. The summed E-state index contributed by atoms with van der Waals surface area (Å²) in [4.78, 5) is 23.3. The predicted octanol–water partition coefficient (Wildman–Crippen LogP) is 1.95. The van der Waals surface area contributed by atoms with Crippen LogP contribution in [-0.4, -0.2) is 36.9 Å². The minimum Gasteiger partial charge on any atom is -0.481 e. The van der Waals surface area contributed by atoms with E-state index >= 15 is 0 Å². The molecule has 1 aliphatic rings. The summed E-state index contributed by atoms with van der Waals surface area (Å²) in [6, 6.07) is 7.24. The molecule has 2 unspecified atom stereocenters. The maximum atomic E-state index is 12.0. The largest absolute Gasteiger partial charge is 0.481 e. The summed E-state index contributed by atoms with van der Waals surface area (Å²) in [5.74, 6) is 0.367. The molecule has 5 nitrogen and oxygen atoms in total. The van der Waals surface area contributed by atoms with Crippen LogP contribution in [-0.2, 0) is 4.79 Å². The molecule has 122 valence electrons. The first-order valence-corrected chi connectivity index (χ1v) is 7.35. The smallest absolute Gasteiger partial charge is 0.260 e. The van der Waals surface area contributed by atoms with Gasteiger partial charge in [0.15, 0.2) is 11.9 Å². The third-order valence-electron chi connectivity index (χ3n) is 3.61. The Kier molecular flexibility index (Phi) is 7.35. The van der Waals surface area contributed by atoms with Crippen LogP contribution in [0.5, 0.6) is 5.75 Å². The van der Waals surface area contributed by atoms with E-state index in [1.807, 2.05) is 0 Å². The lowest BCUT2D eigenvalue weighted by atomic mass is 10.1. The van der Waals surface area contributed by atoms with Gasteiger partial charge in [-0.25, -0.2) is 0 Å². The van der Waals surface area contributed by atoms with Crippen LogP contribution in [0.3, 0.4) is 0 Å². The number of ether oxygens (including phenoxy) is 1. The summed E-state index contributed by atoms with van der Waals surface area (Å²) < 4.78 is 5.60. The number of rotatable bonds is 6. The number of carbonyl (C=O) groups is 2. The van der Waals surface area contributed by atoms with E-state index in [1.165, 1.54) is 6.92 Å². The van der Waals surface area contributed by atoms with Crippen LogP contribution in [0.1, 0.15) is 37.0 Å². The Balaban J connectivity index is 0.00000242. The molecule has 0 aliphatic carbocycles. The number of carbonyl (C=O) groups excluding carboxylic acids is 2. The Hall–Kier alpha value is -1.59. The summed E-state index contributed by atoms with van der Waals surface area (Å²) in [7, 11) is 0. The second-order valence-corrected chi connectivity index (χ2v) is 5.38. The number of ketones is 1. The summed E-state index contributed by atoms with van der Waals surface area (Å²) in [6.07, 6.45) is 1.66. The van der Waals surface area contributed by atoms with Crippen molar-refractivity contribution >= 4 is 24.1 Å². The number of hydrogen-bond acceptors (Lipinski definition) is 4. The van der Waals surface area contributed by atoms with Crippen molar-refractivity contribution in [1.29, 1.82) is 0 Å². The number of halogens is 1. The Morgan fingerprint density at radius 2 is 2.23 bits per heavy atom. The number of benzene rings is 1. The maximum absolute atomic E-state index is 12.0. The molecule has 0 bridgehead atoms. The predicted molar refractivity (Wildman–Crippen MR) is 87.8 cm³/mol. The molecule has 6 heteroatoms. The SMILES string of the molecule is CC(=O)c1cccc(OC(C)C(=O)NCC2CCCN2)c1.Cl. The van der Waals surface area contributed by atoms with Crippen molar-refractivity contribution in [2.45, 2.75) is 38.8 Å². The van der Waals surface area contributed by atoms with Crippen molar-refractivity contribution in [2.75, 3.05) is 13.1 Å². The average molecular weight is 327 g/mol. The molecule has 1 aromatic rings. The van der Waals surface area contributed by atoms with Crippen LogP contribution in [0, 0.1) is 0 Å². The average Bonchev–Trinajstić information content (AvgIpc) is 2.98. The van der Waals surface area contributed by atoms with Crippen molar-refractivity contribution < 1.29 is 14.3 Å². The fourth-order valence-corrected chi connectivity index (χ4v) is 2.34. The summed E-state index contributed by atoms with van der Waals surface area (Å²) >= 11 is 0. The van der Waals surface area contributed by atoms with Gasteiger partial charge in [-0.2, -0.15) is 0 Å². The summed E-state index contributed by atoms with van der Waals surface area (Å²) in [5, 5.41) is 6.22. The minimum absolute atomic E-state index is 0. The van der Waals surface area contributed by atoms with Gasteiger partial charge in [0.2, 0.25) is 0 Å². The Bertz CT molecular complexity index is 516. The number of nitrogens with one attached hydrogen (secondary N) is 2. The monoisotopic (exact) mass is 326 g/mol. The lowest BCUT2D eigenvalue weighted by Crippen LogP contribution is -2.42. The Morgan fingerprint density at radius 3 is 2.86 bits per heavy atom. The van der Waals surface area contributed by atoms with Crippen molar-refractivity contribution in [3.8, 4) is 5.75 Å². The third kappa shape index (κ3) is 5.31. The maximum Gasteiger partial charge on any atom is 0.260 e. The molecule has 0 spiro atoms.